The number of halogens is 3. The Bertz CT molecular complexity index is 462. The van der Waals surface area contributed by atoms with Crippen molar-refractivity contribution in [3.63, 3.8) is 0 Å². The predicted octanol–water partition coefficient (Wildman–Crippen LogP) is 3.94. The van der Waals surface area contributed by atoms with E-state index in [2.05, 4.69) is 4.74 Å². The first-order chi connectivity index (χ1) is 9.37. The first-order valence-corrected chi connectivity index (χ1v) is 6.45. The van der Waals surface area contributed by atoms with Gasteiger partial charge < -0.3 is 9.84 Å². The van der Waals surface area contributed by atoms with Crippen LogP contribution >= 0.6 is 0 Å². The molecule has 1 atom stereocenters. The molecule has 1 aromatic carbocycles. The van der Waals surface area contributed by atoms with Crippen LogP contribution in [0.15, 0.2) is 24.3 Å². The summed E-state index contributed by atoms with van der Waals surface area (Å²) in [5, 5.41) is 9.33. The predicted molar refractivity (Wildman–Crippen MR) is 65.5 cm³/mol. The minimum Gasteiger partial charge on any atom is -0.481 e. The summed E-state index contributed by atoms with van der Waals surface area (Å²) in [5.41, 5.74) is 0.527. The molecule has 1 N–H and O–H groups in total. The smallest absolute Gasteiger partial charge is 0.481 e. The lowest BCUT2D eigenvalue weighted by Crippen LogP contribution is -2.20. The van der Waals surface area contributed by atoms with Crippen molar-refractivity contribution in [2.45, 2.75) is 38.0 Å². The highest BCUT2D eigenvalue weighted by Gasteiger charge is 2.33. The number of rotatable bonds is 4. The maximum atomic E-state index is 12.1. The quantitative estimate of drug-likeness (QED) is 0.912. The Morgan fingerprint density at radius 2 is 1.75 bits per heavy atom. The maximum absolute atomic E-state index is 12.1. The van der Waals surface area contributed by atoms with Crippen molar-refractivity contribution in [2.75, 3.05) is 0 Å². The molecule has 1 unspecified atom stereocenters. The molecule has 0 amide bonds. The number of alkyl halides is 3. The molecule has 0 aromatic heterocycles. The Morgan fingerprint density at radius 1 is 1.20 bits per heavy atom. The number of carboxylic acids is 1. The van der Waals surface area contributed by atoms with E-state index < -0.39 is 18.2 Å². The van der Waals surface area contributed by atoms with E-state index in [1.165, 1.54) is 12.1 Å². The van der Waals surface area contributed by atoms with Gasteiger partial charge in [0.1, 0.15) is 5.75 Å². The summed E-state index contributed by atoms with van der Waals surface area (Å²) in [7, 11) is 0. The molecule has 0 bridgehead atoms. The monoisotopic (exact) mass is 288 g/mol. The van der Waals surface area contributed by atoms with Gasteiger partial charge >= 0.3 is 12.3 Å². The Kier molecular flexibility index (Phi) is 4.20. The van der Waals surface area contributed by atoms with Gasteiger partial charge in [0.05, 0.1) is 5.92 Å². The molecule has 0 aliphatic heterocycles. The van der Waals surface area contributed by atoms with Crippen LogP contribution in [0.1, 0.15) is 37.2 Å². The molecule has 0 spiro atoms. The molecule has 0 radical (unpaired) electrons. The second kappa shape index (κ2) is 5.73. The third kappa shape index (κ3) is 3.65. The van der Waals surface area contributed by atoms with Crippen LogP contribution in [-0.4, -0.2) is 17.4 Å². The zero-order chi connectivity index (χ0) is 14.8. The minimum atomic E-state index is -4.74. The number of hydrogen-bond donors (Lipinski definition) is 1. The zero-order valence-electron chi connectivity index (χ0n) is 10.7. The summed E-state index contributed by atoms with van der Waals surface area (Å²) in [4.78, 5) is 11.4. The second-order valence-electron chi connectivity index (χ2n) is 4.98. The van der Waals surface area contributed by atoms with Crippen molar-refractivity contribution in [1.29, 1.82) is 0 Å². The van der Waals surface area contributed by atoms with E-state index in [-0.39, 0.29) is 11.7 Å². The first-order valence-electron chi connectivity index (χ1n) is 6.45. The summed E-state index contributed by atoms with van der Waals surface area (Å²) in [5.74, 6) is -1.86. The van der Waals surface area contributed by atoms with Crippen molar-refractivity contribution in [2.24, 2.45) is 5.92 Å². The molecule has 1 aliphatic rings. The van der Waals surface area contributed by atoms with E-state index >= 15 is 0 Å². The molecule has 1 aliphatic carbocycles. The van der Waals surface area contributed by atoms with Gasteiger partial charge in [0, 0.05) is 0 Å². The molecule has 1 fully saturated rings. The highest BCUT2D eigenvalue weighted by molar-refractivity contribution is 5.76. The van der Waals surface area contributed by atoms with Crippen molar-refractivity contribution >= 4 is 5.97 Å². The lowest BCUT2D eigenvalue weighted by atomic mass is 9.85. The summed E-state index contributed by atoms with van der Waals surface area (Å²) < 4.78 is 39.9. The topological polar surface area (TPSA) is 46.5 Å². The van der Waals surface area contributed by atoms with E-state index in [1.54, 1.807) is 0 Å². The van der Waals surface area contributed by atoms with E-state index in [4.69, 9.17) is 0 Å². The lowest BCUT2D eigenvalue weighted by molar-refractivity contribution is -0.274. The van der Waals surface area contributed by atoms with Gasteiger partial charge in [-0.25, -0.2) is 0 Å². The highest BCUT2D eigenvalue weighted by atomic mass is 19.4. The van der Waals surface area contributed by atoms with Crippen LogP contribution in [0.5, 0.6) is 5.75 Å². The van der Waals surface area contributed by atoms with Gasteiger partial charge in [-0.2, -0.15) is 0 Å². The van der Waals surface area contributed by atoms with E-state index in [0.717, 1.165) is 37.8 Å². The Hall–Kier alpha value is -1.72. The molecular weight excluding hydrogens is 273 g/mol. The average molecular weight is 288 g/mol. The molecule has 110 valence electrons. The normalized spacial score (nSPS) is 17.9. The van der Waals surface area contributed by atoms with Crippen molar-refractivity contribution in [3.05, 3.63) is 29.8 Å². The number of aliphatic carboxylic acids is 1. The van der Waals surface area contributed by atoms with Gasteiger partial charge in [-0.3, -0.25) is 4.79 Å². The Balaban J connectivity index is 2.16. The van der Waals surface area contributed by atoms with Gasteiger partial charge in [-0.1, -0.05) is 25.0 Å². The van der Waals surface area contributed by atoms with Crippen LogP contribution < -0.4 is 4.74 Å². The van der Waals surface area contributed by atoms with Crippen LogP contribution in [0.4, 0.5) is 13.2 Å². The van der Waals surface area contributed by atoms with Crippen LogP contribution in [-0.2, 0) is 4.79 Å². The average Bonchev–Trinajstić information content (AvgIpc) is 2.83. The Labute approximate surface area is 114 Å². The van der Waals surface area contributed by atoms with Crippen molar-refractivity contribution in [1.82, 2.24) is 0 Å². The van der Waals surface area contributed by atoms with Crippen LogP contribution in [0.2, 0.25) is 0 Å². The van der Waals surface area contributed by atoms with Gasteiger partial charge in [0.25, 0.3) is 0 Å². The standard InChI is InChI=1S/C14H15F3O3/c15-14(16,17)20-11-7-5-10(6-8-11)12(13(18)19)9-3-1-2-4-9/h5-9,12H,1-4H2,(H,18,19). The van der Waals surface area contributed by atoms with E-state index in [9.17, 15) is 23.1 Å². The third-order valence-electron chi connectivity index (χ3n) is 3.61. The SMILES string of the molecule is O=C(O)C(c1ccc(OC(F)(F)F)cc1)C1CCCC1. The van der Waals surface area contributed by atoms with Crippen LogP contribution in [0.3, 0.4) is 0 Å². The van der Waals surface area contributed by atoms with Crippen LogP contribution in [0.25, 0.3) is 0 Å². The van der Waals surface area contributed by atoms with Gasteiger partial charge in [-0.15, -0.1) is 13.2 Å². The molecule has 2 rings (SSSR count). The molecule has 20 heavy (non-hydrogen) atoms. The second-order valence-corrected chi connectivity index (χ2v) is 4.98. The summed E-state index contributed by atoms with van der Waals surface area (Å²) >= 11 is 0. The fraction of sp³-hybridized carbons (Fsp3) is 0.500. The number of ether oxygens (including phenoxy) is 1. The summed E-state index contributed by atoms with van der Waals surface area (Å²) in [6.07, 6.45) is -1.04. The summed E-state index contributed by atoms with van der Waals surface area (Å²) in [6.45, 7) is 0. The highest BCUT2D eigenvalue weighted by Crippen LogP contribution is 2.38. The number of hydrogen-bond acceptors (Lipinski definition) is 2. The molecular formula is C14H15F3O3. The van der Waals surface area contributed by atoms with Gasteiger partial charge in [-0.05, 0) is 36.5 Å². The molecule has 6 heteroatoms. The van der Waals surface area contributed by atoms with E-state index in [0.29, 0.717) is 5.56 Å². The molecule has 1 aromatic rings. The lowest BCUT2D eigenvalue weighted by Gasteiger charge is -2.20. The number of benzene rings is 1. The van der Waals surface area contributed by atoms with Crippen molar-refractivity contribution in [3.8, 4) is 5.75 Å². The zero-order valence-corrected chi connectivity index (χ0v) is 10.7. The third-order valence-corrected chi connectivity index (χ3v) is 3.61. The maximum Gasteiger partial charge on any atom is 0.573 e. The largest absolute Gasteiger partial charge is 0.573 e. The van der Waals surface area contributed by atoms with Gasteiger partial charge in [0.2, 0.25) is 0 Å². The molecule has 0 saturated heterocycles. The van der Waals surface area contributed by atoms with Crippen molar-refractivity contribution < 1.29 is 27.8 Å². The fourth-order valence-corrected chi connectivity index (χ4v) is 2.78. The van der Waals surface area contributed by atoms with E-state index in [1.807, 2.05) is 0 Å². The molecule has 3 nitrogen and oxygen atoms in total. The minimum absolute atomic E-state index is 0.0573. The summed E-state index contributed by atoms with van der Waals surface area (Å²) in [6, 6.07) is 5.12. The fourth-order valence-electron chi connectivity index (χ4n) is 2.78. The van der Waals surface area contributed by atoms with Crippen LogP contribution in [0, 0.1) is 5.92 Å². The Morgan fingerprint density at radius 3 is 2.20 bits per heavy atom. The molecule has 1 saturated carbocycles. The molecule has 0 heterocycles. The first kappa shape index (κ1) is 14.7. The van der Waals surface area contributed by atoms with Gasteiger partial charge in [0.15, 0.2) is 0 Å². The number of carboxylic acid groups (broad SMARTS) is 1. The number of carbonyl (C=O) groups is 1.